The normalized spacial score (nSPS) is 10.9. The minimum atomic E-state index is -0.213. The first-order valence-corrected chi connectivity index (χ1v) is 8.29. The van der Waals surface area contributed by atoms with Crippen LogP contribution in [0, 0.1) is 0 Å². The molecule has 0 N–H and O–H groups in total. The van der Waals surface area contributed by atoms with Crippen LogP contribution in [0.15, 0.2) is 47.0 Å². The molecule has 0 aliphatic heterocycles. The molecule has 0 unspecified atom stereocenters. The average molecular weight is 324 g/mol. The van der Waals surface area contributed by atoms with Gasteiger partial charge in [-0.3, -0.25) is 9.78 Å². The van der Waals surface area contributed by atoms with E-state index in [0.29, 0.717) is 34.9 Å². The van der Waals surface area contributed by atoms with Gasteiger partial charge in [0.15, 0.2) is 5.58 Å². The van der Waals surface area contributed by atoms with Gasteiger partial charge in [-0.25, -0.2) is 4.98 Å². The molecular weight excluding hydrogens is 304 g/mol. The molecule has 2 heterocycles. The van der Waals surface area contributed by atoms with Crippen LogP contribution >= 0.6 is 0 Å². The van der Waals surface area contributed by atoms with E-state index in [1.54, 1.807) is 24.4 Å². The number of oxazole rings is 1. The summed E-state index contributed by atoms with van der Waals surface area (Å²) in [5.74, 6) is 0.718. The number of carbonyl (C=O) groups is 1. The molecule has 0 saturated heterocycles. The standard InChI is InChI=1S/C19H20N2O3/c1-2-3-4-5-9-18(22)23-14-10-11-15-17(13-14)24-19(21-15)16-8-6-7-12-20-16/h6-8,10-13H,2-5,9H2,1H3. The van der Waals surface area contributed by atoms with Gasteiger partial charge in [-0.2, -0.15) is 0 Å². The largest absolute Gasteiger partial charge is 0.435 e. The Balaban J connectivity index is 1.69. The third-order valence-corrected chi connectivity index (χ3v) is 3.71. The number of pyridine rings is 1. The number of carbonyl (C=O) groups excluding carboxylic acids is 1. The molecule has 5 nitrogen and oxygen atoms in total. The number of aromatic nitrogens is 2. The van der Waals surface area contributed by atoms with Crippen LogP contribution in [0.2, 0.25) is 0 Å². The zero-order valence-electron chi connectivity index (χ0n) is 13.7. The van der Waals surface area contributed by atoms with Crippen molar-refractivity contribution >= 4 is 17.1 Å². The summed E-state index contributed by atoms with van der Waals surface area (Å²) < 4.78 is 11.1. The highest BCUT2D eigenvalue weighted by molar-refractivity contribution is 5.79. The zero-order valence-corrected chi connectivity index (χ0v) is 13.7. The number of fused-ring (bicyclic) bond motifs is 1. The molecule has 3 aromatic rings. The van der Waals surface area contributed by atoms with Crippen LogP contribution in [0.4, 0.5) is 0 Å². The highest BCUT2D eigenvalue weighted by Crippen LogP contribution is 2.26. The third kappa shape index (κ3) is 3.98. The maximum absolute atomic E-state index is 11.9. The smallest absolute Gasteiger partial charge is 0.311 e. The Kier molecular flexibility index (Phi) is 5.21. The first-order chi connectivity index (χ1) is 11.8. The molecule has 0 bridgehead atoms. The quantitative estimate of drug-likeness (QED) is 0.356. The second kappa shape index (κ2) is 7.73. The van der Waals surface area contributed by atoms with Crippen LogP contribution in [0.3, 0.4) is 0 Å². The minimum absolute atomic E-state index is 0.213. The van der Waals surface area contributed by atoms with Gasteiger partial charge >= 0.3 is 5.97 Å². The SMILES string of the molecule is CCCCCCC(=O)Oc1ccc2nc(-c3ccccn3)oc2c1. The van der Waals surface area contributed by atoms with E-state index in [1.807, 2.05) is 18.2 Å². The van der Waals surface area contributed by atoms with E-state index in [2.05, 4.69) is 16.9 Å². The number of esters is 1. The second-order valence-corrected chi connectivity index (χ2v) is 5.65. The lowest BCUT2D eigenvalue weighted by atomic mass is 10.1. The van der Waals surface area contributed by atoms with E-state index in [-0.39, 0.29) is 5.97 Å². The number of benzene rings is 1. The van der Waals surface area contributed by atoms with Crippen LogP contribution in [0.1, 0.15) is 39.0 Å². The fourth-order valence-electron chi connectivity index (χ4n) is 2.45. The van der Waals surface area contributed by atoms with Crippen molar-refractivity contribution < 1.29 is 13.9 Å². The van der Waals surface area contributed by atoms with E-state index in [0.717, 1.165) is 25.7 Å². The number of unbranched alkanes of at least 4 members (excludes halogenated alkanes) is 3. The number of hydrogen-bond donors (Lipinski definition) is 0. The maximum atomic E-state index is 11.9. The van der Waals surface area contributed by atoms with Gasteiger partial charge in [-0.15, -0.1) is 0 Å². The van der Waals surface area contributed by atoms with Crippen molar-refractivity contribution in [3.8, 4) is 17.3 Å². The van der Waals surface area contributed by atoms with Crippen LogP contribution in [-0.4, -0.2) is 15.9 Å². The molecule has 3 rings (SSSR count). The number of hydrogen-bond acceptors (Lipinski definition) is 5. The lowest BCUT2D eigenvalue weighted by molar-refractivity contribution is -0.134. The monoisotopic (exact) mass is 324 g/mol. The Bertz CT molecular complexity index is 812. The number of nitrogens with zero attached hydrogens (tertiary/aromatic N) is 2. The van der Waals surface area contributed by atoms with E-state index >= 15 is 0 Å². The molecule has 0 radical (unpaired) electrons. The van der Waals surface area contributed by atoms with Crippen molar-refractivity contribution in [2.75, 3.05) is 0 Å². The van der Waals surface area contributed by atoms with Gasteiger partial charge in [0.25, 0.3) is 0 Å². The topological polar surface area (TPSA) is 65.2 Å². The van der Waals surface area contributed by atoms with E-state index in [1.165, 1.54) is 0 Å². The van der Waals surface area contributed by atoms with Crippen LogP contribution in [0.25, 0.3) is 22.7 Å². The Morgan fingerprint density at radius 1 is 1.17 bits per heavy atom. The zero-order chi connectivity index (χ0) is 16.8. The van der Waals surface area contributed by atoms with E-state index in [4.69, 9.17) is 9.15 Å². The van der Waals surface area contributed by atoms with Gasteiger partial charge in [-0.1, -0.05) is 32.3 Å². The van der Waals surface area contributed by atoms with Crippen LogP contribution in [0.5, 0.6) is 5.75 Å². The second-order valence-electron chi connectivity index (χ2n) is 5.65. The molecule has 24 heavy (non-hydrogen) atoms. The number of rotatable bonds is 7. The molecule has 0 spiro atoms. The van der Waals surface area contributed by atoms with Gasteiger partial charge in [-0.05, 0) is 30.7 Å². The van der Waals surface area contributed by atoms with Gasteiger partial charge in [0.2, 0.25) is 5.89 Å². The van der Waals surface area contributed by atoms with Crippen molar-refractivity contribution in [2.45, 2.75) is 39.0 Å². The summed E-state index contributed by atoms with van der Waals surface area (Å²) in [6, 6.07) is 10.8. The molecule has 2 aromatic heterocycles. The average Bonchev–Trinajstić information content (AvgIpc) is 3.03. The summed E-state index contributed by atoms with van der Waals surface area (Å²) in [5, 5.41) is 0. The summed E-state index contributed by atoms with van der Waals surface area (Å²) >= 11 is 0. The van der Waals surface area contributed by atoms with Crippen molar-refractivity contribution in [3.63, 3.8) is 0 Å². The van der Waals surface area contributed by atoms with Crippen molar-refractivity contribution in [1.29, 1.82) is 0 Å². The summed E-state index contributed by atoms with van der Waals surface area (Å²) in [6.45, 7) is 2.14. The first-order valence-electron chi connectivity index (χ1n) is 8.29. The predicted molar refractivity (Wildman–Crippen MR) is 91.6 cm³/mol. The van der Waals surface area contributed by atoms with Gasteiger partial charge in [0.05, 0.1) is 0 Å². The number of ether oxygens (including phenoxy) is 1. The van der Waals surface area contributed by atoms with Crippen LogP contribution in [-0.2, 0) is 4.79 Å². The maximum Gasteiger partial charge on any atom is 0.311 e. The lowest BCUT2D eigenvalue weighted by Gasteiger charge is -2.03. The molecule has 0 fully saturated rings. The predicted octanol–water partition coefficient (Wildman–Crippen LogP) is 4.77. The molecule has 0 atom stereocenters. The summed E-state index contributed by atoms with van der Waals surface area (Å²) in [4.78, 5) is 20.5. The summed E-state index contributed by atoms with van der Waals surface area (Å²) in [6.07, 6.45) is 6.34. The minimum Gasteiger partial charge on any atom is -0.435 e. The molecule has 5 heteroatoms. The lowest BCUT2D eigenvalue weighted by Crippen LogP contribution is -2.07. The van der Waals surface area contributed by atoms with Gasteiger partial charge in [0, 0.05) is 18.7 Å². The molecular formula is C19H20N2O3. The van der Waals surface area contributed by atoms with Crippen molar-refractivity contribution in [2.24, 2.45) is 0 Å². The molecule has 124 valence electrons. The fraction of sp³-hybridized carbons (Fsp3) is 0.316. The van der Waals surface area contributed by atoms with Crippen molar-refractivity contribution in [3.05, 3.63) is 42.6 Å². The molecule has 0 aliphatic rings. The molecule has 0 aliphatic carbocycles. The Morgan fingerprint density at radius 2 is 2.08 bits per heavy atom. The Labute approximate surface area is 140 Å². The Hall–Kier alpha value is -2.69. The van der Waals surface area contributed by atoms with E-state index < -0.39 is 0 Å². The summed E-state index contributed by atoms with van der Waals surface area (Å²) in [5.41, 5.74) is 1.95. The highest BCUT2D eigenvalue weighted by Gasteiger charge is 2.11. The van der Waals surface area contributed by atoms with Crippen molar-refractivity contribution in [1.82, 2.24) is 9.97 Å². The van der Waals surface area contributed by atoms with Crippen LogP contribution < -0.4 is 4.74 Å². The van der Waals surface area contributed by atoms with Gasteiger partial charge in [0.1, 0.15) is 17.0 Å². The third-order valence-electron chi connectivity index (χ3n) is 3.71. The van der Waals surface area contributed by atoms with E-state index in [9.17, 15) is 4.79 Å². The van der Waals surface area contributed by atoms with Gasteiger partial charge < -0.3 is 9.15 Å². The molecule has 1 aromatic carbocycles. The first kappa shape index (κ1) is 16.2. The fourth-order valence-corrected chi connectivity index (χ4v) is 2.45. The highest BCUT2D eigenvalue weighted by atomic mass is 16.5. The summed E-state index contributed by atoms with van der Waals surface area (Å²) in [7, 11) is 0. The Morgan fingerprint density at radius 3 is 2.88 bits per heavy atom. The molecule has 0 amide bonds. The molecule has 0 saturated carbocycles.